The predicted octanol–water partition coefficient (Wildman–Crippen LogP) is 3.78. The van der Waals surface area contributed by atoms with Crippen LogP contribution in [0.3, 0.4) is 0 Å². The van der Waals surface area contributed by atoms with Gasteiger partial charge in [0.05, 0.1) is 13.2 Å². The number of amides is 1. The lowest BCUT2D eigenvalue weighted by molar-refractivity contribution is -0.142. The summed E-state index contributed by atoms with van der Waals surface area (Å²) in [6.07, 6.45) is 9.06. The van der Waals surface area contributed by atoms with Gasteiger partial charge in [0.15, 0.2) is 5.69 Å². The van der Waals surface area contributed by atoms with Crippen molar-refractivity contribution in [1.29, 1.82) is 0 Å². The maximum Gasteiger partial charge on any atom is 0.357 e. The van der Waals surface area contributed by atoms with E-state index in [4.69, 9.17) is 4.74 Å². The monoisotopic (exact) mass is 350 g/mol. The highest BCUT2D eigenvalue weighted by Crippen LogP contribution is 2.32. The Morgan fingerprint density at radius 2 is 1.96 bits per heavy atom. The van der Waals surface area contributed by atoms with Gasteiger partial charge in [0.25, 0.3) is 0 Å². The van der Waals surface area contributed by atoms with Crippen LogP contribution in [0.2, 0.25) is 0 Å². The third kappa shape index (κ3) is 3.97. The number of aromatic nitrogens is 1. The topological polar surface area (TPSA) is 59.5 Å². The number of rotatable bonds is 6. The molecule has 0 N–H and O–H groups in total. The van der Waals surface area contributed by atoms with E-state index in [1.165, 1.54) is 37.0 Å². The molecule has 0 bridgehead atoms. The van der Waals surface area contributed by atoms with Gasteiger partial charge in [-0.05, 0) is 32.6 Å². The molecule has 0 atom stereocenters. The van der Waals surface area contributed by atoms with E-state index in [2.05, 4.69) is 9.88 Å². The largest absolute Gasteiger partial charge is 0.461 e. The van der Waals surface area contributed by atoms with Gasteiger partial charge in [-0.1, -0.05) is 25.7 Å². The molecule has 1 heterocycles. The highest BCUT2D eigenvalue weighted by atomic mass is 32.1. The Balaban J connectivity index is 1.70. The summed E-state index contributed by atoms with van der Waals surface area (Å²) in [7, 11) is 0. The zero-order valence-corrected chi connectivity index (χ0v) is 15.1. The van der Waals surface area contributed by atoms with Gasteiger partial charge in [0.2, 0.25) is 5.91 Å². The average Bonchev–Trinajstić information content (AvgIpc) is 3.01. The lowest BCUT2D eigenvalue weighted by Crippen LogP contribution is -2.45. The summed E-state index contributed by atoms with van der Waals surface area (Å²) in [4.78, 5) is 31.1. The summed E-state index contributed by atoms with van der Waals surface area (Å²) in [5, 5.41) is 2.57. The summed E-state index contributed by atoms with van der Waals surface area (Å²) in [6, 6.07) is 0.335. The second-order valence-corrected chi connectivity index (χ2v) is 7.68. The predicted molar refractivity (Wildman–Crippen MR) is 92.8 cm³/mol. The molecule has 2 aliphatic carbocycles. The second kappa shape index (κ2) is 8.10. The number of carbonyl (C=O) groups is 2. The van der Waals surface area contributed by atoms with Crippen LogP contribution < -0.4 is 0 Å². The van der Waals surface area contributed by atoms with Crippen molar-refractivity contribution in [2.45, 2.75) is 70.9 Å². The fraction of sp³-hybridized carbons (Fsp3) is 0.722. The zero-order chi connectivity index (χ0) is 16.9. The highest BCUT2D eigenvalue weighted by molar-refractivity contribution is 7.09. The van der Waals surface area contributed by atoms with Gasteiger partial charge in [-0.3, -0.25) is 4.79 Å². The van der Waals surface area contributed by atoms with Crippen molar-refractivity contribution >= 4 is 23.2 Å². The quantitative estimate of drug-likeness (QED) is 0.733. The number of thiazole rings is 1. The van der Waals surface area contributed by atoms with Gasteiger partial charge in [-0.2, -0.15) is 0 Å². The van der Waals surface area contributed by atoms with E-state index >= 15 is 0 Å². The second-order valence-electron chi connectivity index (χ2n) is 6.73. The SMILES string of the molecule is CCOC(=O)c1csc(CN(C(=O)C2CCC2)C2CCCCC2)n1. The summed E-state index contributed by atoms with van der Waals surface area (Å²) in [5.74, 6) is 0.118. The Morgan fingerprint density at radius 3 is 2.58 bits per heavy atom. The molecule has 3 rings (SSSR count). The van der Waals surface area contributed by atoms with Gasteiger partial charge in [0.1, 0.15) is 5.01 Å². The van der Waals surface area contributed by atoms with Crippen molar-refractivity contribution in [3.8, 4) is 0 Å². The molecule has 0 unspecified atom stereocenters. The zero-order valence-electron chi connectivity index (χ0n) is 14.3. The molecule has 2 saturated carbocycles. The first-order valence-corrected chi connectivity index (χ1v) is 9.99. The smallest absolute Gasteiger partial charge is 0.357 e. The minimum Gasteiger partial charge on any atom is -0.461 e. The summed E-state index contributed by atoms with van der Waals surface area (Å²) >= 11 is 1.44. The molecule has 1 aromatic rings. The van der Waals surface area contributed by atoms with Gasteiger partial charge >= 0.3 is 5.97 Å². The first kappa shape index (κ1) is 17.4. The maximum atomic E-state index is 12.9. The van der Waals surface area contributed by atoms with Crippen LogP contribution in [0.15, 0.2) is 5.38 Å². The van der Waals surface area contributed by atoms with Crippen molar-refractivity contribution in [3.63, 3.8) is 0 Å². The minimum absolute atomic E-state index is 0.205. The van der Waals surface area contributed by atoms with Crippen LogP contribution >= 0.6 is 11.3 Å². The van der Waals surface area contributed by atoms with Gasteiger partial charge in [-0.25, -0.2) is 9.78 Å². The summed E-state index contributed by atoms with van der Waals surface area (Å²) in [5.41, 5.74) is 0.358. The lowest BCUT2D eigenvalue weighted by Gasteiger charge is -2.38. The summed E-state index contributed by atoms with van der Waals surface area (Å²) in [6.45, 7) is 2.66. The van der Waals surface area contributed by atoms with Crippen LogP contribution in [0.25, 0.3) is 0 Å². The molecule has 0 radical (unpaired) electrons. The molecule has 5 nitrogen and oxygen atoms in total. The van der Waals surface area contributed by atoms with Crippen molar-refractivity contribution < 1.29 is 14.3 Å². The van der Waals surface area contributed by atoms with E-state index in [1.54, 1.807) is 12.3 Å². The van der Waals surface area contributed by atoms with Crippen molar-refractivity contribution in [2.24, 2.45) is 5.92 Å². The number of esters is 1. The van der Waals surface area contributed by atoms with Crippen molar-refractivity contribution in [3.05, 3.63) is 16.1 Å². The molecule has 1 amide bonds. The molecule has 0 spiro atoms. The Kier molecular flexibility index (Phi) is 5.87. The van der Waals surface area contributed by atoms with Crippen LogP contribution in [-0.4, -0.2) is 34.4 Å². The molecule has 132 valence electrons. The molecule has 0 aromatic carbocycles. The number of hydrogen-bond donors (Lipinski definition) is 0. The van der Waals surface area contributed by atoms with E-state index in [1.807, 2.05) is 0 Å². The standard InChI is InChI=1S/C18H26N2O3S/c1-2-23-18(22)15-12-24-16(19-15)11-20(14-9-4-3-5-10-14)17(21)13-7-6-8-13/h12-14H,2-11H2,1H3. The lowest BCUT2D eigenvalue weighted by atomic mass is 9.83. The molecule has 6 heteroatoms. The van der Waals surface area contributed by atoms with Crippen molar-refractivity contribution in [1.82, 2.24) is 9.88 Å². The molecule has 2 aliphatic rings. The van der Waals surface area contributed by atoms with E-state index in [9.17, 15) is 9.59 Å². The fourth-order valence-corrected chi connectivity index (χ4v) is 4.26. The molecular weight excluding hydrogens is 324 g/mol. The molecule has 0 saturated heterocycles. The number of carbonyl (C=O) groups excluding carboxylic acids is 2. The molecule has 2 fully saturated rings. The molecular formula is C18H26N2O3S. The Morgan fingerprint density at radius 1 is 1.21 bits per heavy atom. The van der Waals surface area contributed by atoms with Gasteiger partial charge in [0, 0.05) is 17.3 Å². The Labute approximate surface area is 147 Å². The van der Waals surface area contributed by atoms with Crippen LogP contribution in [0.4, 0.5) is 0 Å². The van der Waals surface area contributed by atoms with Crippen LogP contribution in [-0.2, 0) is 16.1 Å². The van der Waals surface area contributed by atoms with E-state index in [0.717, 1.165) is 30.7 Å². The normalized spacial score (nSPS) is 18.9. The van der Waals surface area contributed by atoms with E-state index < -0.39 is 0 Å². The van der Waals surface area contributed by atoms with E-state index in [-0.39, 0.29) is 11.9 Å². The molecule has 0 aliphatic heterocycles. The molecule has 24 heavy (non-hydrogen) atoms. The van der Waals surface area contributed by atoms with Gasteiger partial charge in [-0.15, -0.1) is 11.3 Å². The van der Waals surface area contributed by atoms with Crippen LogP contribution in [0.5, 0.6) is 0 Å². The van der Waals surface area contributed by atoms with Crippen LogP contribution in [0.1, 0.15) is 73.8 Å². The Hall–Kier alpha value is -1.43. The minimum atomic E-state index is -0.380. The van der Waals surface area contributed by atoms with Gasteiger partial charge < -0.3 is 9.64 Å². The third-order valence-electron chi connectivity index (χ3n) is 5.09. The number of hydrogen-bond acceptors (Lipinski definition) is 5. The fourth-order valence-electron chi connectivity index (χ4n) is 3.50. The Bertz CT molecular complexity index is 577. The maximum absolute atomic E-state index is 12.9. The molecule has 1 aromatic heterocycles. The number of nitrogens with zero attached hydrogens (tertiary/aromatic N) is 2. The first-order chi connectivity index (χ1) is 11.7. The summed E-state index contributed by atoms with van der Waals surface area (Å²) < 4.78 is 5.00. The first-order valence-electron chi connectivity index (χ1n) is 9.11. The highest BCUT2D eigenvalue weighted by Gasteiger charge is 2.34. The van der Waals surface area contributed by atoms with Crippen molar-refractivity contribution in [2.75, 3.05) is 6.61 Å². The van der Waals surface area contributed by atoms with E-state index in [0.29, 0.717) is 30.8 Å². The van der Waals surface area contributed by atoms with Crippen LogP contribution in [0, 0.1) is 5.92 Å². The third-order valence-corrected chi connectivity index (χ3v) is 5.93. The number of ether oxygens (including phenoxy) is 1. The average molecular weight is 350 g/mol.